The van der Waals surface area contributed by atoms with Crippen LogP contribution < -0.4 is 10.2 Å². The molecule has 1 aromatic carbocycles. The molecular formula is C22H29N3O4. The minimum atomic E-state index is -0.651. The van der Waals surface area contributed by atoms with E-state index in [0.29, 0.717) is 44.5 Å². The van der Waals surface area contributed by atoms with Gasteiger partial charge in [-0.3, -0.25) is 14.4 Å². The van der Waals surface area contributed by atoms with E-state index in [-0.39, 0.29) is 30.2 Å². The molecule has 0 unspecified atom stereocenters. The lowest BCUT2D eigenvalue weighted by molar-refractivity contribution is -0.141. The number of fused-ring (bicyclic) bond motifs is 2. The molecular weight excluding hydrogens is 370 g/mol. The molecule has 4 rings (SSSR count). The molecule has 2 heterocycles. The number of nitrogens with zero attached hydrogens (tertiary/aromatic N) is 2. The van der Waals surface area contributed by atoms with Crippen LogP contribution in [0.2, 0.25) is 0 Å². The zero-order valence-corrected chi connectivity index (χ0v) is 16.9. The largest absolute Gasteiger partial charge is 0.396 e. The van der Waals surface area contributed by atoms with Crippen molar-refractivity contribution in [3.63, 3.8) is 0 Å². The molecule has 7 heteroatoms. The van der Waals surface area contributed by atoms with E-state index < -0.39 is 5.41 Å². The summed E-state index contributed by atoms with van der Waals surface area (Å²) < 4.78 is 0. The van der Waals surface area contributed by atoms with Crippen LogP contribution in [0.4, 0.5) is 5.69 Å². The van der Waals surface area contributed by atoms with Gasteiger partial charge in [0.1, 0.15) is 0 Å². The van der Waals surface area contributed by atoms with Gasteiger partial charge in [0.25, 0.3) is 5.91 Å². The molecule has 0 aromatic heterocycles. The maximum atomic E-state index is 13.2. The summed E-state index contributed by atoms with van der Waals surface area (Å²) in [6.45, 7) is 1.61. The second kappa shape index (κ2) is 7.78. The van der Waals surface area contributed by atoms with E-state index in [9.17, 15) is 14.4 Å². The molecule has 3 amide bonds. The Morgan fingerprint density at radius 3 is 2.59 bits per heavy atom. The Balaban J connectivity index is 1.55. The Morgan fingerprint density at radius 2 is 1.97 bits per heavy atom. The Hall–Kier alpha value is -2.41. The summed E-state index contributed by atoms with van der Waals surface area (Å²) in [7, 11) is 1.78. The zero-order valence-electron chi connectivity index (χ0n) is 16.9. The maximum absolute atomic E-state index is 13.2. The number of benzene rings is 1. The van der Waals surface area contributed by atoms with Crippen molar-refractivity contribution in [3.8, 4) is 0 Å². The molecule has 3 aliphatic rings. The van der Waals surface area contributed by atoms with E-state index in [1.165, 1.54) is 0 Å². The number of hydrogen-bond donors (Lipinski definition) is 2. The van der Waals surface area contributed by atoms with Gasteiger partial charge in [-0.2, -0.15) is 0 Å². The number of rotatable bonds is 5. The molecule has 1 saturated carbocycles. The third-order valence-corrected chi connectivity index (χ3v) is 6.85. The summed E-state index contributed by atoms with van der Waals surface area (Å²) in [6, 6.07) is 5.43. The van der Waals surface area contributed by atoms with Crippen LogP contribution in [0, 0.1) is 5.92 Å². The number of carbonyl (C=O) groups excluding carboxylic acids is 3. The highest BCUT2D eigenvalue weighted by molar-refractivity contribution is 6.09. The quantitative estimate of drug-likeness (QED) is 0.733. The Morgan fingerprint density at radius 1 is 1.24 bits per heavy atom. The number of amides is 3. The van der Waals surface area contributed by atoms with Crippen LogP contribution in [0.25, 0.3) is 0 Å². The van der Waals surface area contributed by atoms with E-state index in [1.54, 1.807) is 18.0 Å². The first kappa shape index (κ1) is 19.9. The van der Waals surface area contributed by atoms with E-state index in [2.05, 4.69) is 5.32 Å². The predicted octanol–water partition coefficient (Wildman–Crippen LogP) is 1.44. The van der Waals surface area contributed by atoms with Gasteiger partial charge in [0, 0.05) is 50.5 Å². The van der Waals surface area contributed by atoms with Crippen molar-refractivity contribution >= 4 is 23.4 Å². The fourth-order valence-corrected chi connectivity index (χ4v) is 4.79. The molecule has 1 aromatic rings. The molecule has 1 aliphatic carbocycles. The van der Waals surface area contributed by atoms with Gasteiger partial charge in [0.2, 0.25) is 11.8 Å². The lowest BCUT2D eigenvalue weighted by atomic mass is 9.72. The number of likely N-dealkylation sites (tertiary alicyclic amines) is 1. The lowest BCUT2D eigenvalue weighted by Gasteiger charge is -2.40. The zero-order chi connectivity index (χ0) is 20.6. The normalized spacial score (nSPS) is 20.6. The topological polar surface area (TPSA) is 90.0 Å². The van der Waals surface area contributed by atoms with Crippen LogP contribution in [-0.2, 0) is 15.0 Å². The Kier molecular flexibility index (Phi) is 5.34. The molecule has 2 fully saturated rings. The third-order valence-electron chi connectivity index (χ3n) is 6.85. The highest BCUT2D eigenvalue weighted by Crippen LogP contribution is 2.48. The van der Waals surface area contributed by atoms with Crippen molar-refractivity contribution in [3.05, 3.63) is 29.3 Å². The van der Waals surface area contributed by atoms with Crippen molar-refractivity contribution in [2.75, 3.05) is 38.2 Å². The van der Waals surface area contributed by atoms with E-state index in [1.807, 2.05) is 17.0 Å². The summed E-state index contributed by atoms with van der Waals surface area (Å²) in [5, 5.41) is 11.7. The van der Waals surface area contributed by atoms with Crippen molar-refractivity contribution in [1.82, 2.24) is 10.2 Å². The van der Waals surface area contributed by atoms with Gasteiger partial charge < -0.3 is 20.2 Å². The molecule has 0 radical (unpaired) electrons. The van der Waals surface area contributed by atoms with Crippen LogP contribution >= 0.6 is 0 Å². The second-order valence-electron chi connectivity index (χ2n) is 8.46. The van der Waals surface area contributed by atoms with E-state index in [4.69, 9.17) is 5.11 Å². The molecule has 0 bridgehead atoms. The molecule has 2 aliphatic heterocycles. The van der Waals surface area contributed by atoms with Crippen LogP contribution in [0.5, 0.6) is 0 Å². The first-order valence-electron chi connectivity index (χ1n) is 10.6. The van der Waals surface area contributed by atoms with Gasteiger partial charge in [0.05, 0.1) is 5.41 Å². The molecule has 1 spiro atoms. The standard InChI is InChI=1S/C22H29N3O4/c1-24-18-7-6-16(19(27)23-10-3-13-26)14-17(18)22(21(24)29)8-11-25(12-9-22)20(28)15-4-2-5-15/h6-7,14-15,26H,2-5,8-13H2,1H3,(H,23,27). The van der Waals surface area contributed by atoms with Crippen LogP contribution in [0.1, 0.15) is 54.4 Å². The van der Waals surface area contributed by atoms with Crippen LogP contribution in [-0.4, -0.2) is 61.0 Å². The summed E-state index contributed by atoms with van der Waals surface area (Å²) in [6.07, 6.45) is 4.80. The van der Waals surface area contributed by atoms with Crippen molar-refractivity contribution in [1.29, 1.82) is 0 Å². The summed E-state index contributed by atoms with van der Waals surface area (Å²) >= 11 is 0. The Labute approximate surface area is 171 Å². The summed E-state index contributed by atoms with van der Waals surface area (Å²) in [4.78, 5) is 41.9. The number of aliphatic hydroxyl groups is 1. The van der Waals surface area contributed by atoms with Gasteiger partial charge in [0.15, 0.2) is 0 Å². The fraction of sp³-hybridized carbons (Fsp3) is 0.591. The number of piperidine rings is 1. The van der Waals surface area contributed by atoms with Gasteiger partial charge in [-0.15, -0.1) is 0 Å². The van der Waals surface area contributed by atoms with Gasteiger partial charge in [-0.1, -0.05) is 6.42 Å². The first-order valence-corrected chi connectivity index (χ1v) is 10.6. The van der Waals surface area contributed by atoms with Gasteiger partial charge in [-0.25, -0.2) is 0 Å². The molecule has 0 atom stereocenters. The molecule has 156 valence electrons. The Bertz CT molecular complexity index is 825. The van der Waals surface area contributed by atoms with Gasteiger partial charge >= 0.3 is 0 Å². The highest BCUT2D eigenvalue weighted by Gasteiger charge is 2.52. The second-order valence-corrected chi connectivity index (χ2v) is 8.46. The number of anilines is 1. The van der Waals surface area contributed by atoms with Crippen molar-refractivity contribution < 1.29 is 19.5 Å². The molecule has 1 saturated heterocycles. The number of aliphatic hydroxyl groups excluding tert-OH is 1. The number of hydrogen-bond acceptors (Lipinski definition) is 4. The molecule has 2 N–H and O–H groups in total. The minimum absolute atomic E-state index is 0.0307. The summed E-state index contributed by atoms with van der Waals surface area (Å²) in [5.41, 5.74) is 1.62. The minimum Gasteiger partial charge on any atom is -0.396 e. The average molecular weight is 399 g/mol. The summed E-state index contributed by atoms with van der Waals surface area (Å²) in [5.74, 6) is 0.270. The van der Waals surface area contributed by atoms with Crippen LogP contribution in [0.3, 0.4) is 0 Å². The average Bonchev–Trinajstić information content (AvgIpc) is 2.89. The predicted molar refractivity (Wildman–Crippen MR) is 109 cm³/mol. The van der Waals surface area contributed by atoms with E-state index >= 15 is 0 Å². The number of nitrogens with one attached hydrogen (secondary N) is 1. The fourth-order valence-electron chi connectivity index (χ4n) is 4.79. The SMILES string of the molecule is CN1C(=O)C2(CCN(C(=O)C3CCC3)CC2)c2cc(C(=O)NCCCO)ccc21. The smallest absolute Gasteiger partial charge is 0.251 e. The highest BCUT2D eigenvalue weighted by atomic mass is 16.3. The van der Waals surface area contributed by atoms with Crippen molar-refractivity contribution in [2.45, 2.75) is 43.9 Å². The monoisotopic (exact) mass is 399 g/mol. The number of carbonyl (C=O) groups is 3. The molecule has 7 nitrogen and oxygen atoms in total. The number of likely N-dealkylation sites (N-methyl/N-ethyl adjacent to an activating group) is 1. The van der Waals surface area contributed by atoms with Gasteiger partial charge in [-0.05, 0) is 55.9 Å². The van der Waals surface area contributed by atoms with Crippen LogP contribution in [0.15, 0.2) is 18.2 Å². The van der Waals surface area contributed by atoms with E-state index in [0.717, 1.165) is 30.5 Å². The third kappa shape index (κ3) is 3.31. The molecule has 29 heavy (non-hydrogen) atoms. The first-order chi connectivity index (χ1) is 14.0. The van der Waals surface area contributed by atoms with Crippen molar-refractivity contribution in [2.24, 2.45) is 5.92 Å². The lowest BCUT2D eigenvalue weighted by Crippen LogP contribution is -2.51. The maximum Gasteiger partial charge on any atom is 0.251 e.